The van der Waals surface area contributed by atoms with E-state index in [0.717, 1.165) is 15.3 Å². The lowest BCUT2D eigenvalue weighted by Gasteiger charge is -2.35. The van der Waals surface area contributed by atoms with E-state index in [1.54, 1.807) is 16.2 Å². The number of amides is 2. The molecule has 3 atom stereocenters. The molecule has 2 aliphatic rings. The number of carbonyl (C=O) groups is 2. The van der Waals surface area contributed by atoms with E-state index in [-0.39, 0.29) is 29.9 Å². The summed E-state index contributed by atoms with van der Waals surface area (Å²) in [5.74, 6) is 0.393. The number of benzene rings is 1. The number of piperazine rings is 1. The second kappa shape index (κ2) is 7.41. The molecule has 2 aromatic rings. The van der Waals surface area contributed by atoms with Crippen molar-refractivity contribution in [2.24, 2.45) is 5.92 Å². The summed E-state index contributed by atoms with van der Waals surface area (Å²) in [6.45, 7) is 5.35. The highest BCUT2D eigenvalue weighted by atomic mass is 35.5. The molecule has 0 spiro atoms. The van der Waals surface area contributed by atoms with Gasteiger partial charge >= 0.3 is 0 Å². The maximum Gasteiger partial charge on any atom is 0.245 e. The van der Waals surface area contributed by atoms with Crippen molar-refractivity contribution in [2.45, 2.75) is 51.4 Å². The van der Waals surface area contributed by atoms with Crippen molar-refractivity contribution in [1.29, 1.82) is 0 Å². The van der Waals surface area contributed by atoms with Crippen LogP contribution in [0.4, 0.5) is 0 Å². The second-order valence-corrected chi connectivity index (χ2v) is 9.36. The first-order chi connectivity index (χ1) is 12.9. The second-order valence-electron chi connectivity index (χ2n) is 7.85. The molecule has 0 unspecified atom stereocenters. The zero-order chi connectivity index (χ0) is 19.1. The highest BCUT2D eigenvalue weighted by molar-refractivity contribution is 7.19. The Morgan fingerprint density at radius 2 is 2.11 bits per heavy atom. The molecule has 144 valence electrons. The topological polar surface area (TPSA) is 61.4 Å². The Balaban J connectivity index is 1.42. The summed E-state index contributed by atoms with van der Waals surface area (Å²) in [5.41, 5.74) is 0. The highest BCUT2D eigenvalue weighted by Gasteiger charge is 2.46. The molecule has 2 saturated heterocycles. The van der Waals surface area contributed by atoms with Crippen LogP contribution in [0.25, 0.3) is 10.1 Å². The number of halogens is 1. The number of hydrogen-bond acceptors (Lipinski definition) is 4. The van der Waals surface area contributed by atoms with Crippen LogP contribution in [0, 0.1) is 5.92 Å². The molecule has 2 amide bonds. The van der Waals surface area contributed by atoms with Gasteiger partial charge in [0.05, 0.1) is 5.02 Å². The fourth-order valence-electron chi connectivity index (χ4n) is 4.05. The van der Waals surface area contributed by atoms with Gasteiger partial charge < -0.3 is 15.5 Å². The van der Waals surface area contributed by atoms with Gasteiger partial charge in [0, 0.05) is 34.1 Å². The summed E-state index contributed by atoms with van der Waals surface area (Å²) in [4.78, 5) is 28.1. The highest BCUT2D eigenvalue weighted by Crippen LogP contribution is 2.35. The number of thiophene rings is 1. The van der Waals surface area contributed by atoms with Gasteiger partial charge in [-0.25, -0.2) is 0 Å². The number of rotatable bonds is 5. The summed E-state index contributed by atoms with van der Waals surface area (Å²) in [7, 11) is 0. The molecular weight excluding hydrogens is 382 g/mol. The molecule has 2 aliphatic heterocycles. The third-order valence-corrected chi connectivity index (χ3v) is 7.08. The fourth-order valence-corrected chi connectivity index (χ4v) is 5.50. The Morgan fingerprint density at radius 3 is 2.85 bits per heavy atom. The molecule has 7 heteroatoms. The Hall–Kier alpha value is -1.63. The molecule has 2 fully saturated rings. The van der Waals surface area contributed by atoms with Crippen molar-refractivity contribution >= 4 is 44.8 Å². The van der Waals surface area contributed by atoms with Gasteiger partial charge in [-0.2, -0.15) is 0 Å². The zero-order valence-corrected chi connectivity index (χ0v) is 17.1. The van der Waals surface area contributed by atoms with Gasteiger partial charge in [-0.3, -0.25) is 9.59 Å². The van der Waals surface area contributed by atoms with E-state index in [9.17, 15) is 9.59 Å². The Morgan fingerprint density at radius 1 is 1.33 bits per heavy atom. The monoisotopic (exact) mass is 405 g/mol. The van der Waals surface area contributed by atoms with Crippen molar-refractivity contribution in [3.8, 4) is 0 Å². The molecule has 4 rings (SSSR count). The molecule has 3 heterocycles. The van der Waals surface area contributed by atoms with Crippen molar-refractivity contribution in [2.75, 3.05) is 6.54 Å². The van der Waals surface area contributed by atoms with E-state index >= 15 is 0 Å². The molecule has 0 aliphatic carbocycles. The van der Waals surface area contributed by atoms with Gasteiger partial charge in [-0.05, 0) is 24.8 Å². The van der Waals surface area contributed by atoms with Crippen LogP contribution in [-0.4, -0.2) is 41.4 Å². The number of nitrogens with one attached hydrogen (secondary N) is 2. The standard InChI is InChI=1S/C20H24ClN3O2S/c1-11(2)7-14-20(26)24-10-12(8-15(24)19(25)23-14)22-9-17-18(21)13-5-3-4-6-16(13)27-17/h3-6,11-12,14-15,22H,7-10H2,1-2H3,(H,23,25)/t12-,14-,15-/m0/s1. The predicted octanol–water partition coefficient (Wildman–Crippen LogP) is 3.16. The molecule has 5 nitrogen and oxygen atoms in total. The van der Waals surface area contributed by atoms with Crippen LogP contribution in [0.1, 0.15) is 31.6 Å². The maximum atomic E-state index is 12.7. The lowest BCUT2D eigenvalue weighted by Crippen LogP contribution is -2.61. The van der Waals surface area contributed by atoms with Crippen LogP contribution in [0.5, 0.6) is 0 Å². The van der Waals surface area contributed by atoms with Gasteiger partial charge in [0.2, 0.25) is 11.8 Å². The number of hydrogen-bond donors (Lipinski definition) is 2. The minimum absolute atomic E-state index is 0.0237. The van der Waals surface area contributed by atoms with Crippen LogP contribution in [0.3, 0.4) is 0 Å². The van der Waals surface area contributed by atoms with Crippen LogP contribution in [0.2, 0.25) is 5.02 Å². The lowest BCUT2D eigenvalue weighted by atomic mass is 9.99. The van der Waals surface area contributed by atoms with E-state index in [0.29, 0.717) is 31.8 Å². The van der Waals surface area contributed by atoms with Crippen molar-refractivity contribution < 1.29 is 9.59 Å². The van der Waals surface area contributed by atoms with Gasteiger partial charge in [0.15, 0.2) is 0 Å². The van der Waals surface area contributed by atoms with E-state index in [2.05, 4.69) is 30.5 Å². The molecule has 1 aromatic heterocycles. The third-order valence-electron chi connectivity index (χ3n) is 5.36. The van der Waals surface area contributed by atoms with Gasteiger partial charge in [0.1, 0.15) is 12.1 Å². The fraction of sp³-hybridized carbons (Fsp3) is 0.500. The van der Waals surface area contributed by atoms with E-state index in [1.165, 1.54) is 4.70 Å². The molecule has 0 saturated carbocycles. The molecule has 2 N–H and O–H groups in total. The largest absolute Gasteiger partial charge is 0.342 e. The quantitative estimate of drug-likeness (QED) is 0.803. The summed E-state index contributed by atoms with van der Waals surface area (Å²) in [5, 5.41) is 8.29. The number of nitrogens with zero attached hydrogens (tertiary/aromatic N) is 1. The van der Waals surface area contributed by atoms with Crippen LogP contribution >= 0.6 is 22.9 Å². The average molecular weight is 406 g/mol. The van der Waals surface area contributed by atoms with Gasteiger partial charge in [-0.1, -0.05) is 43.6 Å². The van der Waals surface area contributed by atoms with Crippen LogP contribution in [-0.2, 0) is 16.1 Å². The molecule has 0 bridgehead atoms. The number of carbonyl (C=O) groups excluding carboxylic acids is 2. The predicted molar refractivity (Wildman–Crippen MR) is 109 cm³/mol. The van der Waals surface area contributed by atoms with Crippen LogP contribution in [0.15, 0.2) is 24.3 Å². The summed E-state index contributed by atoms with van der Waals surface area (Å²) >= 11 is 8.21. The van der Waals surface area contributed by atoms with E-state index in [1.807, 2.05) is 18.2 Å². The molecule has 0 radical (unpaired) electrons. The minimum atomic E-state index is -0.385. The minimum Gasteiger partial charge on any atom is -0.342 e. The van der Waals surface area contributed by atoms with E-state index in [4.69, 9.17) is 11.6 Å². The van der Waals surface area contributed by atoms with Gasteiger partial charge in [0.25, 0.3) is 0 Å². The first-order valence-electron chi connectivity index (χ1n) is 9.44. The first-order valence-corrected chi connectivity index (χ1v) is 10.6. The summed E-state index contributed by atoms with van der Waals surface area (Å²) in [6.07, 6.45) is 1.33. The molecule has 27 heavy (non-hydrogen) atoms. The normalized spacial score (nSPS) is 25.3. The Kier molecular flexibility index (Phi) is 5.14. The number of fused-ring (bicyclic) bond motifs is 2. The first kappa shape index (κ1) is 18.7. The van der Waals surface area contributed by atoms with Gasteiger partial charge in [-0.15, -0.1) is 11.3 Å². The van der Waals surface area contributed by atoms with Crippen molar-refractivity contribution in [3.63, 3.8) is 0 Å². The van der Waals surface area contributed by atoms with E-state index < -0.39 is 0 Å². The Bertz CT molecular complexity index is 881. The third kappa shape index (κ3) is 3.58. The van der Waals surface area contributed by atoms with Crippen molar-refractivity contribution in [1.82, 2.24) is 15.5 Å². The van der Waals surface area contributed by atoms with Crippen LogP contribution < -0.4 is 10.6 Å². The summed E-state index contributed by atoms with van der Waals surface area (Å²) < 4.78 is 1.18. The smallest absolute Gasteiger partial charge is 0.245 e. The SMILES string of the molecule is CC(C)C[C@@H]1NC(=O)[C@@H]2C[C@H](NCc3sc4ccccc4c3Cl)CN2C1=O. The summed E-state index contributed by atoms with van der Waals surface area (Å²) in [6, 6.07) is 7.47. The maximum absolute atomic E-state index is 12.7. The molecular formula is C20H24ClN3O2S. The molecule has 1 aromatic carbocycles. The van der Waals surface area contributed by atoms with Crippen molar-refractivity contribution in [3.05, 3.63) is 34.2 Å². The average Bonchev–Trinajstić information content (AvgIpc) is 3.20. The lowest BCUT2D eigenvalue weighted by molar-refractivity contribution is -0.147. The zero-order valence-electron chi connectivity index (χ0n) is 15.5. The Labute approximate surface area is 168 Å².